The van der Waals surface area contributed by atoms with Gasteiger partial charge in [0.15, 0.2) is 0 Å². The predicted molar refractivity (Wildman–Crippen MR) is 156 cm³/mol. The highest BCUT2D eigenvalue weighted by molar-refractivity contribution is 9.10. The first kappa shape index (κ1) is 30.8. The van der Waals surface area contributed by atoms with E-state index >= 15 is 0 Å². The lowest BCUT2D eigenvalue weighted by molar-refractivity contribution is -0.384. The van der Waals surface area contributed by atoms with Gasteiger partial charge in [0.2, 0.25) is 11.8 Å². The topological polar surface area (TPSA) is 130 Å². The molecule has 0 bridgehead atoms. The van der Waals surface area contributed by atoms with Gasteiger partial charge in [0.25, 0.3) is 15.7 Å². The number of hydrogen-bond donors (Lipinski definition) is 1. The molecule has 1 N–H and O–H groups in total. The average Bonchev–Trinajstić information content (AvgIpc) is 2.94. The van der Waals surface area contributed by atoms with Gasteiger partial charge in [-0.15, -0.1) is 0 Å². The molecule has 3 rings (SSSR count). The lowest BCUT2D eigenvalue weighted by Gasteiger charge is -2.32. The molecule has 0 heterocycles. The Balaban J connectivity index is 2.03. The highest BCUT2D eigenvalue weighted by atomic mass is 79.9. The van der Waals surface area contributed by atoms with Gasteiger partial charge in [0.1, 0.15) is 12.6 Å². The molecule has 40 heavy (non-hydrogen) atoms. The van der Waals surface area contributed by atoms with Crippen molar-refractivity contribution in [3.8, 4) is 0 Å². The number of amides is 2. The summed E-state index contributed by atoms with van der Waals surface area (Å²) < 4.78 is 29.1. The fraction of sp³-hybridized carbons (Fsp3) is 0.286. The van der Waals surface area contributed by atoms with Crippen LogP contribution in [0.4, 0.5) is 11.4 Å². The van der Waals surface area contributed by atoms with Gasteiger partial charge >= 0.3 is 0 Å². The van der Waals surface area contributed by atoms with E-state index in [1.807, 2.05) is 13.0 Å². The minimum atomic E-state index is -4.31. The molecule has 0 spiro atoms. The second-order valence-corrected chi connectivity index (χ2v) is 11.9. The van der Waals surface area contributed by atoms with E-state index in [4.69, 9.17) is 0 Å². The number of nitrogens with zero attached hydrogens (tertiary/aromatic N) is 3. The summed E-state index contributed by atoms with van der Waals surface area (Å²) in [6.07, 6.45) is 1.65. The van der Waals surface area contributed by atoms with Gasteiger partial charge in [-0.25, -0.2) is 8.42 Å². The van der Waals surface area contributed by atoms with Crippen LogP contribution in [-0.4, -0.2) is 49.2 Å². The lowest BCUT2D eigenvalue weighted by Crippen LogP contribution is -2.51. The molecule has 10 nitrogen and oxygen atoms in total. The van der Waals surface area contributed by atoms with Crippen molar-refractivity contribution in [1.82, 2.24) is 10.2 Å². The zero-order valence-corrected chi connectivity index (χ0v) is 24.6. The number of benzene rings is 3. The molecule has 2 amide bonds. The Kier molecular flexibility index (Phi) is 10.8. The van der Waals surface area contributed by atoms with Crippen LogP contribution in [0.2, 0.25) is 0 Å². The normalized spacial score (nSPS) is 11.9. The van der Waals surface area contributed by atoms with E-state index in [0.717, 1.165) is 33.2 Å². The first-order valence-electron chi connectivity index (χ1n) is 12.7. The van der Waals surface area contributed by atoms with E-state index in [9.17, 15) is 28.1 Å². The van der Waals surface area contributed by atoms with Crippen LogP contribution >= 0.6 is 15.9 Å². The molecule has 0 aliphatic carbocycles. The summed E-state index contributed by atoms with van der Waals surface area (Å²) >= 11 is 3.41. The molecule has 0 saturated carbocycles. The molecule has 0 aliphatic rings. The third-order valence-electron chi connectivity index (χ3n) is 6.18. The quantitative estimate of drug-likeness (QED) is 0.163. The molecular formula is C28H31BrN4O6S. The zero-order chi connectivity index (χ0) is 29.3. The number of anilines is 1. The van der Waals surface area contributed by atoms with Gasteiger partial charge in [-0.2, -0.15) is 0 Å². The van der Waals surface area contributed by atoms with Crippen molar-refractivity contribution in [2.45, 2.75) is 44.2 Å². The van der Waals surface area contributed by atoms with Gasteiger partial charge in [-0.1, -0.05) is 65.7 Å². The van der Waals surface area contributed by atoms with E-state index in [1.54, 1.807) is 43.3 Å². The van der Waals surface area contributed by atoms with E-state index < -0.39 is 33.4 Å². The molecule has 3 aromatic carbocycles. The first-order chi connectivity index (χ1) is 19.0. The summed E-state index contributed by atoms with van der Waals surface area (Å²) in [4.78, 5) is 38.9. The van der Waals surface area contributed by atoms with Crippen molar-refractivity contribution < 1.29 is 22.9 Å². The number of carbonyl (C=O) groups is 2. The molecule has 12 heteroatoms. The van der Waals surface area contributed by atoms with Crippen LogP contribution in [0.1, 0.15) is 32.3 Å². The summed E-state index contributed by atoms with van der Waals surface area (Å²) in [6.45, 7) is 3.38. The van der Waals surface area contributed by atoms with Gasteiger partial charge in [-0.05, 0) is 49.2 Å². The summed E-state index contributed by atoms with van der Waals surface area (Å²) in [7, 11) is -4.31. The SMILES string of the molecule is CCCCNC(=O)[C@H](C)N(Cc1cccc(Br)c1)C(=O)CN(c1cccc([N+](=O)[O-])c1)S(=O)(=O)c1ccccc1. The van der Waals surface area contributed by atoms with Crippen LogP contribution in [0.25, 0.3) is 0 Å². The molecule has 0 unspecified atom stereocenters. The molecule has 1 atom stereocenters. The van der Waals surface area contributed by atoms with Crippen LogP contribution in [0.15, 0.2) is 88.2 Å². The van der Waals surface area contributed by atoms with Crippen LogP contribution in [0.3, 0.4) is 0 Å². The minimum Gasteiger partial charge on any atom is -0.354 e. The Bertz CT molecular complexity index is 1450. The number of nitrogens with one attached hydrogen (secondary N) is 1. The van der Waals surface area contributed by atoms with E-state index in [0.29, 0.717) is 6.54 Å². The van der Waals surface area contributed by atoms with E-state index in [-0.39, 0.29) is 28.7 Å². The average molecular weight is 632 g/mol. The number of non-ortho nitro benzene ring substituents is 1. The molecule has 0 fully saturated rings. The molecule has 3 aromatic rings. The molecule has 0 aliphatic heterocycles. The Morgan fingerprint density at radius 3 is 2.38 bits per heavy atom. The molecule has 212 valence electrons. The van der Waals surface area contributed by atoms with Crippen molar-refractivity contribution in [3.63, 3.8) is 0 Å². The highest BCUT2D eigenvalue weighted by Crippen LogP contribution is 2.27. The smallest absolute Gasteiger partial charge is 0.271 e. The molecular weight excluding hydrogens is 600 g/mol. The third kappa shape index (κ3) is 7.89. The van der Waals surface area contributed by atoms with Crippen LogP contribution in [0, 0.1) is 10.1 Å². The highest BCUT2D eigenvalue weighted by Gasteiger charge is 2.33. The van der Waals surface area contributed by atoms with Crippen molar-refractivity contribution in [2.75, 3.05) is 17.4 Å². The van der Waals surface area contributed by atoms with Gasteiger partial charge < -0.3 is 10.2 Å². The maximum atomic E-state index is 13.9. The largest absolute Gasteiger partial charge is 0.354 e. The van der Waals surface area contributed by atoms with E-state index in [1.165, 1.54) is 35.2 Å². The second kappa shape index (κ2) is 14.0. The Hall–Kier alpha value is -3.77. The Labute approximate surface area is 242 Å². The van der Waals surface area contributed by atoms with Crippen molar-refractivity contribution in [2.24, 2.45) is 0 Å². The molecule has 0 aromatic heterocycles. The number of carbonyl (C=O) groups excluding carboxylic acids is 2. The standard InChI is InChI=1S/C28H31BrN4O6S/c1-3-4-16-30-28(35)21(2)31(19-22-10-8-11-23(29)17-22)27(34)20-32(24-12-9-13-25(18-24)33(36)37)40(38,39)26-14-6-5-7-15-26/h5-15,17-18,21H,3-4,16,19-20H2,1-2H3,(H,30,35)/t21-/m0/s1. The number of nitro benzene ring substituents is 1. The first-order valence-corrected chi connectivity index (χ1v) is 14.9. The number of rotatable bonds is 13. The molecule has 0 radical (unpaired) electrons. The fourth-order valence-corrected chi connectivity index (χ4v) is 5.83. The summed E-state index contributed by atoms with van der Waals surface area (Å²) in [5.74, 6) is -1.02. The van der Waals surface area contributed by atoms with Gasteiger partial charge in [-0.3, -0.25) is 24.0 Å². The maximum Gasteiger partial charge on any atom is 0.271 e. The van der Waals surface area contributed by atoms with Crippen molar-refractivity contribution in [1.29, 1.82) is 0 Å². The number of sulfonamides is 1. The van der Waals surface area contributed by atoms with Gasteiger partial charge in [0.05, 0.1) is 15.5 Å². The lowest BCUT2D eigenvalue weighted by atomic mass is 10.1. The van der Waals surface area contributed by atoms with Crippen LogP contribution in [-0.2, 0) is 26.2 Å². The summed E-state index contributed by atoms with van der Waals surface area (Å²) in [6, 6.07) is 18.9. The predicted octanol–water partition coefficient (Wildman–Crippen LogP) is 4.89. The number of nitro groups is 1. The number of hydrogen-bond acceptors (Lipinski definition) is 6. The van der Waals surface area contributed by atoms with Crippen molar-refractivity contribution in [3.05, 3.63) is 99.0 Å². The third-order valence-corrected chi connectivity index (χ3v) is 8.46. The fourth-order valence-electron chi connectivity index (χ4n) is 3.96. The summed E-state index contributed by atoms with van der Waals surface area (Å²) in [5, 5.41) is 14.3. The van der Waals surface area contributed by atoms with Gasteiger partial charge in [0, 0.05) is 29.7 Å². The second-order valence-electron chi connectivity index (χ2n) is 9.07. The van der Waals surface area contributed by atoms with E-state index in [2.05, 4.69) is 21.2 Å². The van der Waals surface area contributed by atoms with Crippen LogP contribution in [0.5, 0.6) is 0 Å². The maximum absolute atomic E-state index is 13.9. The monoisotopic (exact) mass is 630 g/mol. The Morgan fingerprint density at radius 2 is 1.73 bits per heavy atom. The van der Waals surface area contributed by atoms with Crippen molar-refractivity contribution >= 4 is 49.1 Å². The zero-order valence-electron chi connectivity index (χ0n) is 22.2. The Morgan fingerprint density at radius 1 is 1.02 bits per heavy atom. The number of halogens is 1. The molecule has 0 saturated heterocycles. The minimum absolute atomic E-state index is 0.0365. The number of unbranched alkanes of at least 4 members (excludes halogenated alkanes) is 1. The van der Waals surface area contributed by atoms with Crippen LogP contribution < -0.4 is 9.62 Å². The summed E-state index contributed by atoms with van der Waals surface area (Å²) in [5.41, 5.74) is 0.352.